The van der Waals surface area contributed by atoms with Crippen LogP contribution in [0.15, 0.2) is 0 Å². The van der Waals surface area contributed by atoms with E-state index in [-0.39, 0.29) is 12.2 Å². The first-order valence-corrected chi connectivity index (χ1v) is 4.53. The van der Waals surface area contributed by atoms with Crippen LogP contribution in [0.25, 0.3) is 0 Å². The van der Waals surface area contributed by atoms with Crippen molar-refractivity contribution in [2.24, 2.45) is 5.73 Å². The second-order valence-corrected chi connectivity index (χ2v) is 3.13. The van der Waals surface area contributed by atoms with Gasteiger partial charge in [-0.1, -0.05) is 0 Å². The van der Waals surface area contributed by atoms with E-state index in [1.807, 2.05) is 0 Å². The SMILES string of the molecule is COC1CO[C@@H](CNCCN)[C@H]1O. The lowest BCUT2D eigenvalue weighted by Crippen LogP contribution is -2.39. The fourth-order valence-corrected chi connectivity index (χ4v) is 1.39. The van der Waals surface area contributed by atoms with Gasteiger partial charge in [0, 0.05) is 26.7 Å². The number of hydrogen-bond acceptors (Lipinski definition) is 5. The van der Waals surface area contributed by atoms with Gasteiger partial charge in [0.15, 0.2) is 0 Å². The van der Waals surface area contributed by atoms with Gasteiger partial charge in [-0.15, -0.1) is 0 Å². The molecule has 0 amide bonds. The number of methoxy groups -OCH3 is 1. The lowest BCUT2D eigenvalue weighted by atomic mass is 10.1. The maximum atomic E-state index is 9.63. The number of ether oxygens (including phenoxy) is 2. The summed E-state index contributed by atoms with van der Waals surface area (Å²) >= 11 is 0. The molecule has 5 heteroatoms. The molecule has 0 saturated carbocycles. The first-order chi connectivity index (χ1) is 6.29. The Balaban J connectivity index is 2.20. The molecule has 4 N–H and O–H groups in total. The molecule has 1 aliphatic heterocycles. The van der Waals surface area contributed by atoms with Crippen molar-refractivity contribution >= 4 is 0 Å². The summed E-state index contributed by atoms with van der Waals surface area (Å²) in [5.74, 6) is 0. The van der Waals surface area contributed by atoms with Crippen molar-refractivity contribution in [1.29, 1.82) is 0 Å². The van der Waals surface area contributed by atoms with E-state index in [0.717, 1.165) is 6.54 Å². The lowest BCUT2D eigenvalue weighted by Gasteiger charge is -2.16. The third kappa shape index (κ3) is 2.89. The highest BCUT2D eigenvalue weighted by atomic mass is 16.6. The van der Waals surface area contributed by atoms with E-state index in [1.165, 1.54) is 0 Å². The average molecular weight is 190 g/mol. The molecule has 1 heterocycles. The van der Waals surface area contributed by atoms with E-state index in [0.29, 0.717) is 19.7 Å². The maximum Gasteiger partial charge on any atom is 0.110 e. The number of aliphatic hydroxyl groups excluding tert-OH is 1. The predicted octanol–water partition coefficient (Wildman–Crippen LogP) is -1.69. The standard InChI is InChI=1S/C8H18N2O3/c1-12-7-5-13-6(8(7)11)4-10-3-2-9/h6-8,10-11H,2-5,9H2,1H3/t6-,7?,8+/m0/s1. The average Bonchev–Trinajstić information content (AvgIpc) is 2.48. The Hall–Kier alpha value is -0.200. The lowest BCUT2D eigenvalue weighted by molar-refractivity contribution is 0.00529. The van der Waals surface area contributed by atoms with Crippen molar-refractivity contribution in [3.63, 3.8) is 0 Å². The molecule has 1 fully saturated rings. The van der Waals surface area contributed by atoms with Crippen LogP contribution >= 0.6 is 0 Å². The smallest absolute Gasteiger partial charge is 0.110 e. The Labute approximate surface area is 78.2 Å². The molecular weight excluding hydrogens is 172 g/mol. The molecule has 78 valence electrons. The van der Waals surface area contributed by atoms with E-state index < -0.39 is 6.10 Å². The van der Waals surface area contributed by atoms with Gasteiger partial charge in [0.05, 0.1) is 12.7 Å². The Kier molecular flexibility index (Phi) is 4.61. The zero-order chi connectivity index (χ0) is 9.68. The number of rotatable bonds is 5. The highest BCUT2D eigenvalue weighted by Gasteiger charge is 2.35. The quantitative estimate of drug-likeness (QED) is 0.451. The molecule has 1 saturated heterocycles. The largest absolute Gasteiger partial charge is 0.388 e. The molecule has 1 aliphatic rings. The molecular formula is C8H18N2O3. The number of aliphatic hydroxyl groups is 1. The van der Waals surface area contributed by atoms with Gasteiger partial charge >= 0.3 is 0 Å². The Bertz CT molecular complexity index is 145. The first-order valence-electron chi connectivity index (χ1n) is 4.53. The summed E-state index contributed by atoms with van der Waals surface area (Å²) in [6.45, 7) is 2.42. The fraction of sp³-hybridized carbons (Fsp3) is 1.00. The van der Waals surface area contributed by atoms with Crippen LogP contribution < -0.4 is 11.1 Å². The minimum atomic E-state index is -0.532. The van der Waals surface area contributed by atoms with Crippen LogP contribution in [-0.4, -0.2) is 56.8 Å². The van der Waals surface area contributed by atoms with Crippen LogP contribution in [0, 0.1) is 0 Å². The van der Waals surface area contributed by atoms with Crippen LogP contribution in [0.1, 0.15) is 0 Å². The summed E-state index contributed by atoms with van der Waals surface area (Å²) in [6, 6.07) is 0. The van der Waals surface area contributed by atoms with Crippen molar-refractivity contribution in [3.8, 4) is 0 Å². The molecule has 0 radical (unpaired) electrons. The van der Waals surface area contributed by atoms with E-state index in [9.17, 15) is 5.11 Å². The molecule has 1 rings (SSSR count). The van der Waals surface area contributed by atoms with Gasteiger partial charge in [-0.2, -0.15) is 0 Å². The van der Waals surface area contributed by atoms with Gasteiger partial charge < -0.3 is 25.6 Å². The Morgan fingerprint density at radius 3 is 3.00 bits per heavy atom. The zero-order valence-electron chi connectivity index (χ0n) is 7.90. The molecule has 5 nitrogen and oxygen atoms in total. The van der Waals surface area contributed by atoms with Crippen molar-refractivity contribution in [2.75, 3.05) is 33.4 Å². The third-order valence-electron chi connectivity index (χ3n) is 2.21. The normalized spacial score (nSPS) is 33.9. The van der Waals surface area contributed by atoms with Crippen LogP contribution in [0.5, 0.6) is 0 Å². The highest BCUT2D eigenvalue weighted by Crippen LogP contribution is 2.15. The van der Waals surface area contributed by atoms with Gasteiger partial charge in [-0.3, -0.25) is 0 Å². The van der Waals surface area contributed by atoms with Crippen LogP contribution in [0.3, 0.4) is 0 Å². The minimum Gasteiger partial charge on any atom is -0.388 e. The topological polar surface area (TPSA) is 76.7 Å². The zero-order valence-corrected chi connectivity index (χ0v) is 7.90. The van der Waals surface area contributed by atoms with E-state index in [1.54, 1.807) is 7.11 Å². The number of nitrogens with two attached hydrogens (primary N) is 1. The van der Waals surface area contributed by atoms with Gasteiger partial charge in [0.1, 0.15) is 12.2 Å². The Morgan fingerprint density at radius 1 is 1.69 bits per heavy atom. The molecule has 3 atom stereocenters. The van der Waals surface area contributed by atoms with Crippen LogP contribution in [0.4, 0.5) is 0 Å². The second kappa shape index (κ2) is 5.51. The van der Waals surface area contributed by atoms with Gasteiger partial charge in [0.25, 0.3) is 0 Å². The molecule has 0 aromatic carbocycles. The molecule has 0 aromatic rings. The van der Waals surface area contributed by atoms with Crippen molar-refractivity contribution in [2.45, 2.75) is 18.3 Å². The van der Waals surface area contributed by atoms with Crippen molar-refractivity contribution in [1.82, 2.24) is 5.32 Å². The molecule has 0 spiro atoms. The molecule has 0 aliphatic carbocycles. The van der Waals surface area contributed by atoms with Crippen molar-refractivity contribution in [3.05, 3.63) is 0 Å². The number of hydrogen-bond donors (Lipinski definition) is 3. The summed E-state index contributed by atoms with van der Waals surface area (Å²) < 4.78 is 10.4. The number of nitrogens with one attached hydrogen (secondary N) is 1. The summed E-state index contributed by atoms with van der Waals surface area (Å²) in [6.07, 6.45) is -0.892. The first kappa shape index (κ1) is 10.9. The predicted molar refractivity (Wildman–Crippen MR) is 48.5 cm³/mol. The van der Waals surface area contributed by atoms with Crippen LogP contribution in [-0.2, 0) is 9.47 Å². The summed E-state index contributed by atoms with van der Waals surface area (Å²) in [5.41, 5.74) is 5.31. The minimum absolute atomic E-state index is 0.170. The maximum absolute atomic E-state index is 9.63. The van der Waals surface area contributed by atoms with E-state index in [2.05, 4.69) is 5.32 Å². The van der Waals surface area contributed by atoms with Gasteiger partial charge in [-0.05, 0) is 0 Å². The monoisotopic (exact) mass is 190 g/mol. The summed E-state index contributed by atoms with van der Waals surface area (Å²) in [7, 11) is 1.58. The van der Waals surface area contributed by atoms with Gasteiger partial charge in [-0.25, -0.2) is 0 Å². The van der Waals surface area contributed by atoms with Crippen molar-refractivity contribution < 1.29 is 14.6 Å². The van der Waals surface area contributed by atoms with E-state index >= 15 is 0 Å². The Morgan fingerprint density at radius 2 is 2.46 bits per heavy atom. The van der Waals surface area contributed by atoms with E-state index in [4.69, 9.17) is 15.2 Å². The summed E-state index contributed by atoms with van der Waals surface area (Å²) in [4.78, 5) is 0. The fourth-order valence-electron chi connectivity index (χ4n) is 1.39. The second-order valence-electron chi connectivity index (χ2n) is 3.13. The molecule has 0 bridgehead atoms. The molecule has 0 aromatic heterocycles. The van der Waals surface area contributed by atoms with Crippen LogP contribution in [0.2, 0.25) is 0 Å². The summed E-state index contributed by atoms with van der Waals surface area (Å²) in [5, 5.41) is 12.7. The third-order valence-corrected chi connectivity index (χ3v) is 2.21. The molecule has 1 unspecified atom stereocenters. The highest BCUT2D eigenvalue weighted by molar-refractivity contribution is 4.85. The van der Waals surface area contributed by atoms with Gasteiger partial charge in [0.2, 0.25) is 0 Å². The molecule has 13 heavy (non-hydrogen) atoms.